The fourth-order valence-corrected chi connectivity index (χ4v) is 4.61. The van der Waals surface area contributed by atoms with Crippen molar-refractivity contribution in [3.8, 4) is 11.4 Å². The predicted molar refractivity (Wildman–Crippen MR) is 141 cm³/mol. The molecular weight excluding hydrogens is 472 g/mol. The number of nitrogens with zero attached hydrogens (tertiary/aromatic N) is 3. The van der Waals surface area contributed by atoms with E-state index >= 15 is 0 Å². The second-order valence-electron chi connectivity index (χ2n) is 9.23. The van der Waals surface area contributed by atoms with E-state index in [0.717, 1.165) is 39.1 Å². The van der Waals surface area contributed by atoms with Crippen LogP contribution in [0, 0.1) is 20.8 Å². The van der Waals surface area contributed by atoms with Gasteiger partial charge < -0.3 is 9.84 Å². The average Bonchev–Trinajstić information content (AvgIpc) is 3.33. The molecular formula is C29H27ClN4O2. The van der Waals surface area contributed by atoms with Crippen molar-refractivity contribution in [2.45, 2.75) is 40.3 Å². The zero-order valence-electron chi connectivity index (χ0n) is 20.7. The first kappa shape index (κ1) is 23.8. The van der Waals surface area contributed by atoms with Gasteiger partial charge in [-0.25, -0.2) is 4.79 Å². The summed E-state index contributed by atoms with van der Waals surface area (Å²) in [6.07, 6.45) is 0. The van der Waals surface area contributed by atoms with E-state index in [0.29, 0.717) is 23.3 Å². The first-order valence-electron chi connectivity index (χ1n) is 11.8. The Labute approximate surface area is 215 Å². The van der Waals surface area contributed by atoms with Crippen molar-refractivity contribution in [2.24, 2.45) is 0 Å². The number of halogens is 1. The number of amides is 2. The van der Waals surface area contributed by atoms with Crippen LogP contribution in [0.1, 0.15) is 46.7 Å². The summed E-state index contributed by atoms with van der Waals surface area (Å²) in [6, 6.07) is 21.0. The lowest BCUT2D eigenvalue weighted by Crippen LogP contribution is -2.45. The molecule has 1 unspecified atom stereocenters. The zero-order valence-corrected chi connectivity index (χ0v) is 21.4. The molecule has 0 radical (unpaired) electrons. The third-order valence-electron chi connectivity index (χ3n) is 6.64. The first-order valence-corrected chi connectivity index (χ1v) is 12.2. The Kier molecular flexibility index (Phi) is 6.37. The van der Waals surface area contributed by atoms with Gasteiger partial charge in [0.05, 0.1) is 18.2 Å². The fraction of sp³-hybridized carbons (Fsp3) is 0.207. The maximum atomic E-state index is 13.4. The molecule has 1 aromatic heterocycles. The molecule has 3 aromatic carbocycles. The molecule has 0 spiro atoms. The van der Waals surface area contributed by atoms with E-state index in [1.165, 1.54) is 5.56 Å². The van der Waals surface area contributed by atoms with Crippen molar-refractivity contribution in [3.63, 3.8) is 0 Å². The number of rotatable bonds is 5. The van der Waals surface area contributed by atoms with Gasteiger partial charge in [-0.15, -0.1) is 0 Å². The number of allylic oxidation sites excluding steroid dienone is 1. The molecule has 7 heteroatoms. The van der Waals surface area contributed by atoms with Crippen LogP contribution in [-0.4, -0.2) is 21.1 Å². The Balaban J connectivity index is 1.61. The van der Waals surface area contributed by atoms with E-state index in [4.69, 9.17) is 21.1 Å². The highest BCUT2D eigenvalue weighted by molar-refractivity contribution is 6.30. The molecule has 2 amide bonds. The lowest BCUT2D eigenvalue weighted by molar-refractivity contribution is 0.203. The molecule has 0 saturated carbocycles. The molecule has 0 saturated heterocycles. The van der Waals surface area contributed by atoms with E-state index in [2.05, 4.69) is 42.5 Å². The molecule has 4 aromatic rings. The highest BCUT2D eigenvalue weighted by Crippen LogP contribution is 2.38. The zero-order chi connectivity index (χ0) is 25.4. The largest absolute Gasteiger partial charge is 0.334 e. The van der Waals surface area contributed by atoms with Crippen LogP contribution in [0.2, 0.25) is 5.02 Å². The van der Waals surface area contributed by atoms with Gasteiger partial charge in [-0.1, -0.05) is 64.8 Å². The van der Waals surface area contributed by atoms with Crippen molar-refractivity contribution in [3.05, 3.63) is 111 Å². The van der Waals surface area contributed by atoms with Crippen molar-refractivity contribution >= 4 is 23.2 Å². The predicted octanol–water partition coefficient (Wildman–Crippen LogP) is 7.01. The van der Waals surface area contributed by atoms with E-state index in [1.54, 1.807) is 17.0 Å². The normalized spacial score (nSPS) is 15.9. The van der Waals surface area contributed by atoms with E-state index in [1.807, 2.05) is 50.2 Å². The van der Waals surface area contributed by atoms with Gasteiger partial charge >= 0.3 is 6.03 Å². The van der Waals surface area contributed by atoms with Crippen LogP contribution in [0.4, 0.5) is 4.79 Å². The van der Waals surface area contributed by atoms with Gasteiger partial charge in [-0.3, -0.25) is 4.90 Å². The standard InChI is InChI=1S/C29H27ClN4O2/c1-17-6-5-7-21(14-17)16-34-20(4)25(26(31-29(34)35)23-9-8-18(2)19(3)15-23)28-32-27(33-36-28)22-10-12-24(30)13-11-22/h5-15,26H,16H2,1-4H3,(H,31,35). The van der Waals surface area contributed by atoms with Crippen LogP contribution in [0.5, 0.6) is 0 Å². The molecule has 36 heavy (non-hydrogen) atoms. The number of benzene rings is 3. The van der Waals surface area contributed by atoms with Crippen LogP contribution in [0.15, 0.2) is 77.0 Å². The SMILES string of the molecule is CC1=C(c2nc(-c3ccc(Cl)cc3)no2)C(c2ccc(C)c(C)c2)NC(=O)N1Cc1cccc(C)c1. The Morgan fingerprint density at radius 1 is 0.972 bits per heavy atom. The number of carbonyl (C=O) groups excluding carboxylic acids is 1. The monoisotopic (exact) mass is 498 g/mol. The Hall–Kier alpha value is -3.90. The van der Waals surface area contributed by atoms with Crippen molar-refractivity contribution in [1.29, 1.82) is 0 Å². The smallest absolute Gasteiger partial charge is 0.322 e. The number of nitrogens with one attached hydrogen (secondary N) is 1. The van der Waals surface area contributed by atoms with Crippen molar-refractivity contribution in [1.82, 2.24) is 20.4 Å². The molecule has 2 heterocycles. The summed E-state index contributed by atoms with van der Waals surface area (Å²) in [4.78, 5) is 19.8. The molecule has 0 bridgehead atoms. The second kappa shape index (κ2) is 9.63. The average molecular weight is 499 g/mol. The minimum atomic E-state index is -0.427. The van der Waals surface area contributed by atoms with Crippen LogP contribution in [0.3, 0.4) is 0 Å². The third-order valence-corrected chi connectivity index (χ3v) is 6.89. The lowest BCUT2D eigenvalue weighted by Gasteiger charge is -2.35. The van der Waals surface area contributed by atoms with Crippen LogP contribution in [-0.2, 0) is 6.54 Å². The summed E-state index contributed by atoms with van der Waals surface area (Å²) in [5, 5.41) is 8.05. The third kappa shape index (κ3) is 4.64. The Morgan fingerprint density at radius 2 is 1.75 bits per heavy atom. The number of urea groups is 1. The first-order chi connectivity index (χ1) is 17.3. The number of hydrogen-bond donors (Lipinski definition) is 1. The lowest BCUT2D eigenvalue weighted by atomic mass is 9.92. The van der Waals surface area contributed by atoms with Crippen LogP contribution >= 0.6 is 11.6 Å². The summed E-state index contributed by atoms with van der Waals surface area (Å²) in [5.74, 6) is 0.831. The maximum Gasteiger partial charge on any atom is 0.322 e. The fourth-order valence-electron chi connectivity index (χ4n) is 4.49. The molecule has 6 nitrogen and oxygen atoms in total. The minimum absolute atomic E-state index is 0.168. The van der Waals surface area contributed by atoms with E-state index in [9.17, 15) is 4.79 Å². The molecule has 182 valence electrons. The molecule has 1 aliphatic heterocycles. The number of aryl methyl sites for hydroxylation is 3. The summed E-state index contributed by atoms with van der Waals surface area (Å²) in [7, 11) is 0. The van der Waals surface area contributed by atoms with Gasteiger partial charge in [0.2, 0.25) is 5.82 Å². The molecule has 1 aliphatic rings. The molecule has 1 N–H and O–H groups in total. The van der Waals surface area contributed by atoms with Crippen LogP contribution < -0.4 is 5.32 Å². The topological polar surface area (TPSA) is 71.3 Å². The van der Waals surface area contributed by atoms with Crippen molar-refractivity contribution in [2.75, 3.05) is 0 Å². The molecule has 5 rings (SSSR count). The minimum Gasteiger partial charge on any atom is -0.334 e. The number of aromatic nitrogens is 2. The van der Waals surface area contributed by atoms with Gasteiger partial charge in [-0.05, 0) is 74.2 Å². The summed E-state index contributed by atoms with van der Waals surface area (Å²) < 4.78 is 5.79. The number of hydrogen-bond acceptors (Lipinski definition) is 4. The molecule has 0 aliphatic carbocycles. The van der Waals surface area contributed by atoms with Gasteiger partial charge in [0.1, 0.15) is 0 Å². The Bertz CT molecular complexity index is 1470. The van der Waals surface area contributed by atoms with E-state index in [-0.39, 0.29) is 6.03 Å². The van der Waals surface area contributed by atoms with Crippen molar-refractivity contribution < 1.29 is 9.32 Å². The summed E-state index contributed by atoms with van der Waals surface area (Å²) in [6.45, 7) is 8.54. The quantitative estimate of drug-likeness (QED) is 0.321. The van der Waals surface area contributed by atoms with Gasteiger partial charge in [0.25, 0.3) is 5.89 Å². The second-order valence-corrected chi connectivity index (χ2v) is 9.67. The maximum absolute atomic E-state index is 13.4. The molecule has 0 fully saturated rings. The van der Waals surface area contributed by atoms with Gasteiger partial charge in [0.15, 0.2) is 0 Å². The van der Waals surface area contributed by atoms with Crippen LogP contribution in [0.25, 0.3) is 17.0 Å². The highest BCUT2D eigenvalue weighted by atomic mass is 35.5. The van der Waals surface area contributed by atoms with Gasteiger partial charge in [0, 0.05) is 16.3 Å². The van der Waals surface area contributed by atoms with Gasteiger partial charge in [-0.2, -0.15) is 4.98 Å². The highest BCUT2D eigenvalue weighted by Gasteiger charge is 2.36. The summed E-state index contributed by atoms with van der Waals surface area (Å²) in [5.41, 5.74) is 7.83. The number of carbonyl (C=O) groups is 1. The molecule has 1 atom stereocenters. The summed E-state index contributed by atoms with van der Waals surface area (Å²) >= 11 is 6.04. The Morgan fingerprint density at radius 3 is 2.47 bits per heavy atom. The van der Waals surface area contributed by atoms with E-state index < -0.39 is 6.04 Å².